The minimum absolute atomic E-state index is 0.136. The van der Waals surface area contributed by atoms with Gasteiger partial charge in [-0.25, -0.2) is 22.3 Å². The lowest BCUT2D eigenvalue weighted by Gasteiger charge is -2.50. The molecule has 3 rings (SSSR count). The predicted octanol–water partition coefficient (Wildman–Crippen LogP) is 2.64. The van der Waals surface area contributed by atoms with Gasteiger partial charge >= 0.3 is 12.1 Å². The molecule has 1 aromatic carbocycles. The van der Waals surface area contributed by atoms with Gasteiger partial charge in [-0.3, -0.25) is 4.90 Å². The fraction of sp³-hybridized carbons (Fsp3) is 0.611. The molecule has 2 aliphatic heterocycles. The van der Waals surface area contributed by atoms with Gasteiger partial charge in [-0.05, 0) is 36.5 Å². The summed E-state index contributed by atoms with van der Waals surface area (Å²) >= 11 is 5.71. The van der Waals surface area contributed by atoms with Crippen molar-refractivity contribution in [3.05, 3.63) is 34.6 Å². The molecular formula is C18H23ClF4N2O5S. The van der Waals surface area contributed by atoms with Crippen LogP contribution >= 0.6 is 11.6 Å². The molecule has 0 aliphatic carbocycles. The van der Waals surface area contributed by atoms with Gasteiger partial charge in [-0.1, -0.05) is 17.7 Å². The number of benzene rings is 1. The second-order valence-electron chi connectivity index (χ2n) is 7.55. The topological polar surface area (TPSA) is 95.9 Å². The van der Waals surface area contributed by atoms with E-state index in [4.69, 9.17) is 26.2 Å². The largest absolute Gasteiger partial charge is 0.490 e. The van der Waals surface area contributed by atoms with Crippen molar-refractivity contribution >= 4 is 27.6 Å². The van der Waals surface area contributed by atoms with Gasteiger partial charge in [0.25, 0.3) is 0 Å². The number of nitrogens with zero attached hydrogens (tertiary/aromatic N) is 1. The maximum Gasteiger partial charge on any atom is 0.490 e. The van der Waals surface area contributed by atoms with Crippen molar-refractivity contribution in [1.82, 2.24) is 9.62 Å². The van der Waals surface area contributed by atoms with E-state index >= 15 is 0 Å². The second-order valence-corrected chi connectivity index (χ2v) is 9.79. The number of aliphatic carboxylic acids is 1. The third-order valence-electron chi connectivity index (χ3n) is 5.07. The highest BCUT2D eigenvalue weighted by molar-refractivity contribution is 7.88. The van der Waals surface area contributed by atoms with E-state index in [1.807, 2.05) is 6.07 Å². The molecular weight excluding hydrogens is 468 g/mol. The predicted molar refractivity (Wildman–Crippen MR) is 105 cm³/mol. The summed E-state index contributed by atoms with van der Waals surface area (Å²) in [6, 6.07) is 4.88. The van der Waals surface area contributed by atoms with Crippen LogP contribution in [0.4, 0.5) is 17.6 Å². The number of likely N-dealkylation sites (tertiary alicyclic amines) is 1. The minimum Gasteiger partial charge on any atom is -0.475 e. The molecule has 0 saturated carbocycles. The number of carboxylic acid groups (broad SMARTS) is 1. The summed E-state index contributed by atoms with van der Waals surface area (Å²) in [5, 5.41) is 7.26. The van der Waals surface area contributed by atoms with Gasteiger partial charge in [-0.2, -0.15) is 13.2 Å². The van der Waals surface area contributed by atoms with Gasteiger partial charge < -0.3 is 9.84 Å². The SMILES string of the molecule is CS(=O)(=O)NCCC1CCOC12CN(Cc1ccc(Cl)c(F)c1)C2.O=C(O)C(F)(F)F. The lowest BCUT2D eigenvalue weighted by molar-refractivity contribution is -0.192. The molecule has 2 aliphatic rings. The molecule has 7 nitrogen and oxygen atoms in total. The van der Waals surface area contributed by atoms with E-state index in [2.05, 4.69) is 9.62 Å². The Labute approximate surface area is 182 Å². The summed E-state index contributed by atoms with van der Waals surface area (Å²) in [5.41, 5.74) is 0.712. The maximum atomic E-state index is 13.5. The molecule has 13 heteroatoms. The lowest BCUT2D eigenvalue weighted by Crippen LogP contribution is -2.64. The zero-order chi connectivity index (χ0) is 23.4. The van der Waals surface area contributed by atoms with Crippen molar-refractivity contribution in [2.24, 2.45) is 5.92 Å². The Bertz CT molecular complexity index is 891. The summed E-state index contributed by atoms with van der Waals surface area (Å²) in [4.78, 5) is 11.1. The number of carboxylic acids is 1. The van der Waals surface area contributed by atoms with Gasteiger partial charge in [0.2, 0.25) is 10.0 Å². The van der Waals surface area contributed by atoms with Crippen molar-refractivity contribution in [3.8, 4) is 0 Å². The number of carbonyl (C=O) groups is 1. The highest BCUT2D eigenvalue weighted by Crippen LogP contribution is 2.42. The third-order valence-corrected chi connectivity index (χ3v) is 6.11. The molecule has 1 unspecified atom stereocenters. The summed E-state index contributed by atoms with van der Waals surface area (Å²) < 4.78 is 76.1. The number of halogens is 5. The first-order chi connectivity index (χ1) is 14.2. The number of nitrogens with one attached hydrogen (secondary N) is 1. The van der Waals surface area contributed by atoms with E-state index in [1.54, 1.807) is 6.07 Å². The first-order valence-corrected chi connectivity index (χ1v) is 11.5. The molecule has 0 aromatic heterocycles. The molecule has 2 heterocycles. The molecule has 0 amide bonds. The van der Waals surface area contributed by atoms with Crippen molar-refractivity contribution in [1.29, 1.82) is 0 Å². The number of hydrogen-bond donors (Lipinski definition) is 2. The Morgan fingerprint density at radius 3 is 2.52 bits per heavy atom. The monoisotopic (exact) mass is 490 g/mol. The molecule has 0 bridgehead atoms. The number of ether oxygens (including phenoxy) is 1. The van der Waals surface area contributed by atoms with Crippen molar-refractivity contribution in [2.45, 2.75) is 31.2 Å². The highest BCUT2D eigenvalue weighted by Gasteiger charge is 2.52. The quantitative estimate of drug-likeness (QED) is 0.595. The second kappa shape index (κ2) is 9.99. The molecule has 2 fully saturated rings. The molecule has 31 heavy (non-hydrogen) atoms. The fourth-order valence-corrected chi connectivity index (χ4v) is 4.29. The van der Waals surface area contributed by atoms with Crippen LogP contribution in [0.2, 0.25) is 5.02 Å². The summed E-state index contributed by atoms with van der Waals surface area (Å²) in [5.74, 6) is -2.80. The van der Waals surface area contributed by atoms with Gasteiger partial charge in [0.1, 0.15) is 5.82 Å². The Morgan fingerprint density at radius 2 is 2.00 bits per heavy atom. The van der Waals surface area contributed by atoms with Crippen LogP contribution in [0.3, 0.4) is 0 Å². The smallest absolute Gasteiger partial charge is 0.475 e. The van der Waals surface area contributed by atoms with E-state index in [9.17, 15) is 26.0 Å². The van der Waals surface area contributed by atoms with Crippen LogP contribution in [0, 0.1) is 11.7 Å². The average molecular weight is 491 g/mol. The average Bonchev–Trinajstić information content (AvgIpc) is 3.00. The molecule has 2 saturated heterocycles. The van der Waals surface area contributed by atoms with Gasteiger partial charge in [0, 0.05) is 32.8 Å². The molecule has 1 atom stereocenters. The van der Waals surface area contributed by atoms with Crippen LogP contribution < -0.4 is 4.72 Å². The third kappa shape index (κ3) is 7.56. The maximum absolute atomic E-state index is 13.5. The molecule has 1 spiro atoms. The Morgan fingerprint density at radius 1 is 1.39 bits per heavy atom. The van der Waals surface area contributed by atoms with Crippen LogP contribution in [0.15, 0.2) is 18.2 Å². The van der Waals surface area contributed by atoms with Crippen LogP contribution in [-0.2, 0) is 26.1 Å². The van der Waals surface area contributed by atoms with Crippen LogP contribution in [-0.4, -0.2) is 68.7 Å². The highest BCUT2D eigenvalue weighted by atomic mass is 35.5. The zero-order valence-corrected chi connectivity index (χ0v) is 18.2. The molecule has 0 radical (unpaired) electrons. The molecule has 1 aromatic rings. The van der Waals surface area contributed by atoms with Crippen LogP contribution in [0.5, 0.6) is 0 Å². The van der Waals surface area contributed by atoms with E-state index in [-0.39, 0.29) is 10.6 Å². The van der Waals surface area contributed by atoms with Crippen molar-refractivity contribution in [2.75, 3.05) is 32.5 Å². The summed E-state index contributed by atoms with van der Waals surface area (Å²) in [6.07, 6.45) is -2.18. The normalized spacial score (nSPS) is 20.8. The Hall–Kier alpha value is -1.47. The first-order valence-electron chi connectivity index (χ1n) is 9.27. The van der Waals surface area contributed by atoms with Gasteiger partial charge in [0.15, 0.2) is 0 Å². The first kappa shape index (κ1) is 25.8. The van der Waals surface area contributed by atoms with E-state index < -0.39 is 28.0 Å². The fourth-order valence-electron chi connectivity index (χ4n) is 3.68. The Kier molecular flexibility index (Phi) is 8.31. The zero-order valence-electron chi connectivity index (χ0n) is 16.6. The van der Waals surface area contributed by atoms with Gasteiger partial charge in [0.05, 0.1) is 16.9 Å². The number of sulfonamides is 1. The van der Waals surface area contributed by atoms with Crippen LogP contribution in [0.1, 0.15) is 18.4 Å². The van der Waals surface area contributed by atoms with Crippen molar-refractivity contribution < 1.29 is 40.6 Å². The summed E-state index contributed by atoms with van der Waals surface area (Å²) in [7, 11) is -3.15. The van der Waals surface area contributed by atoms with Crippen LogP contribution in [0.25, 0.3) is 0 Å². The molecule has 176 valence electrons. The van der Waals surface area contributed by atoms with E-state index in [1.165, 1.54) is 12.3 Å². The van der Waals surface area contributed by atoms with E-state index in [0.29, 0.717) is 25.6 Å². The standard InChI is InChI=1S/C16H22ClFN2O3S.C2HF3O2/c1-24(21,22)19-6-4-13-5-7-23-16(13)10-20(11-16)9-12-2-3-14(17)15(18)8-12;3-2(4,5)1(6)7/h2-3,8,13,19H,4-7,9-11H2,1H3;(H,6,7). The van der Waals surface area contributed by atoms with Crippen molar-refractivity contribution in [3.63, 3.8) is 0 Å². The minimum atomic E-state index is -5.08. The molecule has 2 N–H and O–H groups in total. The summed E-state index contributed by atoms with van der Waals surface area (Å²) in [6.45, 7) is 3.40. The van der Waals surface area contributed by atoms with E-state index in [0.717, 1.165) is 31.5 Å². The van der Waals surface area contributed by atoms with Gasteiger partial charge in [-0.15, -0.1) is 0 Å². The lowest BCUT2D eigenvalue weighted by atomic mass is 9.79. The number of hydrogen-bond acceptors (Lipinski definition) is 5. The number of rotatable bonds is 6. The number of alkyl halides is 3. The Balaban J connectivity index is 0.000000423.